The summed E-state index contributed by atoms with van der Waals surface area (Å²) < 4.78 is 10.9. The van der Waals surface area contributed by atoms with Crippen molar-refractivity contribution in [3.63, 3.8) is 0 Å². The van der Waals surface area contributed by atoms with Crippen molar-refractivity contribution >= 4 is 23.7 Å². The molecule has 0 aliphatic carbocycles. The number of benzene rings is 2. The average Bonchev–Trinajstić information content (AvgIpc) is 3.47. The van der Waals surface area contributed by atoms with Crippen LogP contribution in [0.3, 0.4) is 0 Å². The molecule has 0 spiro atoms. The Balaban J connectivity index is 0.00000205. The number of fused-ring (bicyclic) bond motifs is 1. The van der Waals surface area contributed by atoms with Gasteiger partial charge in [0.1, 0.15) is 5.01 Å². The predicted octanol–water partition coefficient (Wildman–Crippen LogP) is 4.13. The highest BCUT2D eigenvalue weighted by Crippen LogP contribution is 2.37. The van der Waals surface area contributed by atoms with Crippen LogP contribution in [0.15, 0.2) is 53.9 Å². The molecule has 3 aromatic rings. The molecule has 2 aliphatic heterocycles. The van der Waals surface area contributed by atoms with Crippen LogP contribution in [0.4, 0.5) is 0 Å². The van der Waals surface area contributed by atoms with Crippen molar-refractivity contribution in [2.24, 2.45) is 11.7 Å². The highest BCUT2D eigenvalue weighted by atomic mass is 35.5. The van der Waals surface area contributed by atoms with Gasteiger partial charge in [-0.25, -0.2) is 4.98 Å². The smallest absolute Gasteiger partial charge is 0.231 e. The maximum atomic E-state index is 6.08. The number of hydrogen-bond donors (Lipinski definition) is 1. The molecule has 29 heavy (non-hydrogen) atoms. The van der Waals surface area contributed by atoms with Crippen LogP contribution in [0.1, 0.15) is 17.2 Å². The van der Waals surface area contributed by atoms with Gasteiger partial charge in [0.05, 0.1) is 5.69 Å². The monoisotopic (exact) mass is 429 g/mol. The molecule has 5 nitrogen and oxygen atoms in total. The minimum atomic E-state index is 0. The number of halogens is 1. The molecule has 2 aliphatic rings. The van der Waals surface area contributed by atoms with Gasteiger partial charge in [0.25, 0.3) is 0 Å². The first-order valence-electron chi connectivity index (χ1n) is 9.62. The summed E-state index contributed by atoms with van der Waals surface area (Å²) in [5, 5.41) is 3.18. The van der Waals surface area contributed by atoms with Gasteiger partial charge in [-0.15, -0.1) is 23.7 Å². The molecular weight excluding hydrogens is 406 g/mol. The Morgan fingerprint density at radius 1 is 1.07 bits per heavy atom. The van der Waals surface area contributed by atoms with Crippen molar-refractivity contribution in [1.82, 2.24) is 9.88 Å². The van der Waals surface area contributed by atoms with Crippen LogP contribution in [-0.2, 0) is 6.54 Å². The van der Waals surface area contributed by atoms with Crippen LogP contribution < -0.4 is 15.2 Å². The molecule has 1 saturated heterocycles. The molecule has 2 aromatic carbocycles. The van der Waals surface area contributed by atoms with Crippen molar-refractivity contribution in [2.75, 3.05) is 26.4 Å². The Hall–Kier alpha value is -2.12. The molecule has 2 N–H and O–H groups in total. The topological polar surface area (TPSA) is 60.6 Å². The van der Waals surface area contributed by atoms with Crippen molar-refractivity contribution < 1.29 is 9.47 Å². The first-order valence-corrected chi connectivity index (χ1v) is 10.5. The van der Waals surface area contributed by atoms with Gasteiger partial charge in [0.2, 0.25) is 6.79 Å². The number of hydrogen-bond acceptors (Lipinski definition) is 6. The zero-order valence-electron chi connectivity index (χ0n) is 16.0. The van der Waals surface area contributed by atoms with E-state index in [-0.39, 0.29) is 12.4 Å². The van der Waals surface area contributed by atoms with Gasteiger partial charge in [0, 0.05) is 36.5 Å². The van der Waals surface area contributed by atoms with E-state index in [1.165, 1.54) is 5.56 Å². The quantitative estimate of drug-likeness (QED) is 0.660. The summed E-state index contributed by atoms with van der Waals surface area (Å²) in [6.45, 7) is 3.92. The van der Waals surface area contributed by atoms with Gasteiger partial charge >= 0.3 is 0 Å². The van der Waals surface area contributed by atoms with Crippen LogP contribution in [0.5, 0.6) is 11.5 Å². The number of likely N-dealkylation sites (tertiary alicyclic amines) is 1. The highest BCUT2D eigenvalue weighted by Gasteiger charge is 2.33. The number of ether oxygens (including phenoxy) is 2. The maximum Gasteiger partial charge on any atom is 0.231 e. The summed E-state index contributed by atoms with van der Waals surface area (Å²) >= 11 is 1.68. The molecule has 2 atom stereocenters. The Morgan fingerprint density at radius 3 is 2.72 bits per heavy atom. The molecule has 1 fully saturated rings. The van der Waals surface area contributed by atoms with Crippen LogP contribution >= 0.6 is 23.7 Å². The summed E-state index contributed by atoms with van der Waals surface area (Å²) in [5.41, 5.74) is 9.65. The second-order valence-corrected chi connectivity index (χ2v) is 8.28. The fraction of sp³-hybridized carbons (Fsp3) is 0.318. The minimum absolute atomic E-state index is 0. The molecule has 152 valence electrons. The molecule has 7 heteroatoms. The second-order valence-electron chi connectivity index (χ2n) is 7.42. The summed E-state index contributed by atoms with van der Waals surface area (Å²) in [5.74, 6) is 2.59. The SMILES string of the molecule is Cl.NC[C@@H]1CN(Cc2csc(-c3ccc4c(c3)OCO4)n2)C[C@H]1c1ccccc1. The zero-order chi connectivity index (χ0) is 18.9. The van der Waals surface area contributed by atoms with E-state index >= 15 is 0 Å². The Bertz CT molecular complexity index is 966. The third-order valence-corrected chi connectivity index (χ3v) is 6.54. The minimum Gasteiger partial charge on any atom is -0.454 e. The number of nitrogens with zero attached hydrogens (tertiary/aromatic N) is 2. The first-order chi connectivity index (χ1) is 13.8. The molecular formula is C22H24ClN3O2S. The van der Waals surface area contributed by atoms with E-state index in [9.17, 15) is 0 Å². The molecule has 5 rings (SSSR count). The van der Waals surface area contributed by atoms with E-state index in [1.54, 1.807) is 11.3 Å². The molecule has 0 radical (unpaired) electrons. The van der Waals surface area contributed by atoms with E-state index in [4.69, 9.17) is 20.2 Å². The summed E-state index contributed by atoms with van der Waals surface area (Å²) in [6.07, 6.45) is 0. The standard InChI is InChI=1S/C22H23N3O2S.ClH/c23-9-17-10-25(12-19(17)15-4-2-1-3-5-15)11-18-13-28-22(24-18)16-6-7-20-21(8-16)27-14-26-20;/h1-8,13,17,19H,9-12,14,23H2;1H/t17-,19+;/m1./s1. The lowest BCUT2D eigenvalue weighted by molar-refractivity contribution is 0.174. The van der Waals surface area contributed by atoms with Crippen molar-refractivity contribution in [3.8, 4) is 22.1 Å². The second kappa shape index (κ2) is 8.71. The van der Waals surface area contributed by atoms with Gasteiger partial charge in [-0.1, -0.05) is 30.3 Å². The van der Waals surface area contributed by atoms with E-state index in [2.05, 4.69) is 40.6 Å². The lowest BCUT2D eigenvalue weighted by atomic mass is 9.89. The Morgan fingerprint density at radius 2 is 1.90 bits per heavy atom. The molecule has 0 amide bonds. The van der Waals surface area contributed by atoms with Gasteiger partial charge in [-0.3, -0.25) is 4.90 Å². The van der Waals surface area contributed by atoms with Crippen molar-refractivity contribution in [3.05, 3.63) is 65.2 Å². The molecule has 1 aromatic heterocycles. The van der Waals surface area contributed by atoms with Crippen molar-refractivity contribution in [2.45, 2.75) is 12.5 Å². The predicted molar refractivity (Wildman–Crippen MR) is 118 cm³/mol. The molecule has 0 bridgehead atoms. The zero-order valence-corrected chi connectivity index (χ0v) is 17.6. The Kier molecular flexibility index (Phi) is 6.06. The van der Waals surface area contributed by atoms with Crippen molar-refractivity contribution in [1.29, 1.82) is 0 Å². The van der Waals surface area contributed by atoms with E-state index in [1.807, 2.05) is 18.2 Å². The number of rotatable bonds is 5. The fourth-order valence-corrected chi connectivity index (χ4v) is 4.99. The van der Waals surface area contributed by atoms with Crippen LogP contribution in [-0.4, -0.2) is 36.3 Å². The highest BCUT2D eigenvalue weighted by molar-refractivity contribution is 7.13. The average molecular weight is 430 g/mol. The lowest BCUT2D eigenvalue weighted by Gasteiger charge is -2.16. The lowest BCUT2D eigenvalue weighted by Crippen LogP contribution is -2.23. The Labute approximate surface area is 180 Å². The van der Waals surface area contributed by atoms with Gasteiger partial charge in [-0.05, 0) is 36.2 Å². The van der Waals surface area contributed by atoms with Crippen LogP contribution in [0, 0.1) is 5.92 Å². The van der Waals surface area contributed by atoms with E-state index in [0.717, 1.165) is 53.9 Å². The number of nitrogens with two attached hydrogens (primary N) is 1. The van der Waals surface area contributed by atoms with Gasteiger partial charge < -0.3 is 15.2 Å². The van der Waals surface area contributed by atoms with E-state index < -0.39 is 0 Å². The fourth-order valence-electron chi connectivity index (χ4n) is 4.18. The molecule has 0 saturated carbocycles. The summed E-state index contributed by atoms with van der Waals surface area (Å²) in [4.78, 5) is 7.35. The molecule has 3 heterocycles. The summed E-state index contributed by atoms with van der Waals surface area (Å²) in [6, 6.07) is 16.7. The van der Waals surface area contributed by atoms with Gasteiger partial charge in [-0.2, -0.15) is 0 Å². The maximum absolute atomic E-state index is 6.08. The molecule has 0 unspecified atom stereocenters. The van der Waals surface area contributed by atoms with E-state index in [0.29, 0.717) is 18.6 Å². The summed E-state index contributed by atoms with van der Waals surface area (Å²) in [7, 11) is 0. The third kappa shape index (κ3) is 4.12. The third-order valence-electron chi connectivity index (χ3n) is 5.60. The van der Waals surface area contributed by atoms with Crippen LogP contribution in [0.25, 0.3) is 10.6 Å². The van der Waals surface area contributed by atoms with Crippen LogP contribution in [0.2, 0.25) is 0 Å². The van der Waals surface area contributed by atoms with Gasteiger partial charge in [0.15, 0.2) is 11.5 Å². The normalized spacial score (nSPS) is 20.6. The largest absolute Gasteiger partial charge is 0.454 e. The number of thiazole rings is 1. The number of aromatic nitrogens is 1. The first kappa shape index (κ1) is 20.2.